The molecule has 0 aromatic carbocycles. The molecule has 1 aliphatic rings. The number of aryl methyl sites for hydroxylation is 1. The van der Waals surface area contributed by atoms with Gasteiger partial charge in [-0.05, 0) is 30.7 Å². The van der Waals surface area contributed by atoms with Gasteiger partial charge in [-0.15, -0.1) is 0 Å². The van der Waals surface area contributed by atoms with Gasteiger partial charge in [-0.1, -0.05) is 0 Å². The summed E-state index contributed by atoms with van der Waals surface area (Å²) < 4.78 is 0. The number of pyridine rings is 1. The average molecular weight is 217 g/mol. The van der Waals surface area contributed by atoms with Gasteiger partial charge in [-0.25, -0.2) is 9.78 Å². The van der Waals surface area contributed by atoms with Gasteiger partial charge in [0.25, 0.3) is 0 Å². The zero-order chi connectivity index (χ0) is 11.9. The van der Waals surface area contributed by atoms with E-state index in [9.17, 15) is 14.4 Å². The maximum Gasteiger partial charge on any atom is 0.354 e. The van der Waals surface area contributed by atoms with Crippen molar-refractivity contribution in [3.8, 4) is 0 Å². The zero-order valence-corrected chi connectivity index (χ0v) is 8.35. The van der Waals surface area contributed by atoms with E-state index in [1.54, 1.807) is 0 Å². The van der Waals surface area contributed by atoms with Crippen LogP contribution in [0, 0.1) is 6.92 Å². The summed E-state index contributed by atoms with van der Waals surface area (Å²) in [5, 5.41) is 8.84. The number of carbonyl (C=O) groups is 3. The molecule has 0 atom stereocenters. The van der Waals surface area contributed by atoms with Crippen molar-refractivity contribution in [3.63, 3.8) is 0 Å². The second-order valence-corrected chi connectivity index (χ2v) is 3.42. The largest absolute Gasteiger partial charge is 0.477 e. The Morgan fingerprint density at radius 2 is 1.88 bits per heavy atom. The fourth-order valence-electron chi connectivity index (χ4n) is 1.53. The fraction of sp³-hybridized carbons (Fsp3) is 0.0909. The van der Waals surface area contributed by atoms with Crippen molar-refractivity contribution >= 4 is 17.5 Å². The first kappa shape index (κ1) is 10.2. The number of carbonyl (C=O) groups excluding carboxylic acids is 2. The normalized spacial score (nSPS) is 13.8. The Hall–Kier alpha value is -2.30. The van der Waals surface area contributed by atoms with Crippen LogP contribution in [0.4, 0.5) is 0 Å². The molecular weight excluding hydrogens is 210 g/mol. The average Bonchev–Trinajstić information content (AvgIpc) is 2.23. The van der Waals surface area contributed by atoms with Crippen molar-refractivity contribution < 1.29 is 19.5 Å². The molecule has 2 rings (SSSR count). The molecule has 1 aromatic heterocycles. The van der Waals surface area contributed by atoms with Gasteiger partial charge in [0.15, 0.2) is 11.5 Å². The maximum absolute atomic E-state index is 11.4. The van der Waals surface area contributed by atoms with Crippen LogP contribution in [0.5, 0.6) is 0 Å². The standard InChI is InChI=1S/C11H7NO4/c1-5-4-6-7(13)2-3-8(14)10(6)12-9(5)11(15)16/h2-4H,1H3,(H,15,16). The van der Waals surface area contributed by atoms with Crippen molar-refractivity contribution in [2.75, 3.05) is 0 Å². The number of hydrogen-bond donors (Lipinski definition) is 1. The first-order valence-electron chi connectivity index (χ1n) is 4.52. The number of aromatic nitrogens is 1. The molecule has 0 unspecified atom stereocenters. The van der Waals surface area contributed by atoms with E-state index in [2.05, 4.69) is 4.98 Å². The third kappa shape index (κ3) is 1.42. The molecule has 5 nitrogen and oxygen atoms in total. The minimum absolute atomic E-state index is 0.0875. The van der Waals surface area contributed by atoms with Gasteiger partial charge >= 0.3 is 5.97 Å². The fourth-order valence-corrected chi connectivity index (χ4v) is 1.53. The Kier molecular flexibility index (Phi) is 2.16. The molecule has 0 saturated carbocycles. The Labute approximate surface area is 90.4 Å². The second kappa shape index (κ2) is 3.37. The van der Waals surface area contributed by atoms with E-state index < -0.39 is 11.8 Å². The summed E-state index contributed by atoms with van der Waals surface area (Å²) in [5.74, 6) is -1.99. The lowest BCUT2D eigenvalue weighted by molar-refractivity contribution is 0.0689. The number of carboxylic acid groups (broad SMARTS) is 1. The molecule has 0 fully saturated rings. The van der Waals surface area contributed by atoms with E-state index in [1.807, 2.05) is 0 Å². The van der Waals surface area contributed by atoms with Gasteiger partial charge < -0.3 is 5.11 Å². The number of ketones is 2. The molecule has 5 heteroatoms. The summed E-state index contributed by atoms with van der Waals surface area (Å²) in [7, 11) is 0. The van der Waals surface area contributed by atoms with Crippen LogP contribution in [-0.4, -0.2) is 27.6 Å². The van der Waals surface area contributed by atoms with Crippen LogP contribution in [0.3, 0.4) is 0 Å². The third-order valence-corrected chi connectivity index (χ3v) is 2.30. The summed E-state index contributed by atoms with van der Waals surface area (Å²) in [4.78, 5) is 37.4. The van der Waals surface area contributed by atoms with Crippen LogP contribution < -0.4 is 0 Å². The van der Waals surface area contributed by atoms with Crippen molar-refractivity contribution in [1.82, 2.24) is 4.98 Å². The van der Waals surface area contributed by atoms with Gasteiger partial charge in [0.2, 0.25) is 5.78 Å². The number of allylic oxidation sites excluding steroid dienone is 2. The number of rotatable bonds is 1. The van der Waals surface area contributed by atoms with E-state index in [4.69, 9.17) is 5.11 Å². The highest BCUT2D eigenvalue weighted by Gasteiger charge is 2.23. The van der Waals surface area contributed by atoms with Crippen LogP contribution in [0.1, 0.15) is 36.9 Å². The maximum atomic E-state index is 11.4. The molecule has 0 amide bonds. The lowest BCUT2D eigenvalue weighted by Gasteiger charge is -2.10. The molecule has 1 aromatic rings. The van der Waals surface area contributed by atoms with Gasteiger partial charge in [0.1, 0.15) is 5.69 Å². The van der Waals surface area contributed by atoms with E-state index >= 15 is 0 Å². The van der Waals surface area contributed by atoms with Gasteiger partial charge in [-0.3, -0.25) is 9.59 Å². The number of nitrogens with zero attached hydrogens (tertiary/aromatic N) is 1. The van der Waals surface area contributed by atoms with Crippen LogP contribution in [0.15, 0.2) is 18.2 Å². The summed E-state index contributed by atoms with van der Waals surface area (Å²) >= 11 is 0. The molecule has 0 radical (unpaired) electrons. The number of aromatic carboxylic acids is 1. The Morgan fingerprint density at radius 1 is 1.25 bits per heavy atom. The monoisotopic (exact) mass is 217 g/mol. The second-order valence-electron chi connectivity index (χ2n) is 3.42. The highest BCUT2D eigenvalue weighted by atomic mass is 16.4. The molecule has 1 aliphatic carbocycles. The summed E-state index contributed by atoms with van der Waals surface area (Å²) in [6.45, 7) is 1.53. The SMILES string of the molecule is Cc1cc2c(nc1C(=O)O)C(=O)C=CC2=O. The molecule has 1 N–H and O–H groups in total. The van der Waals surface area contributed by atoms with E-state index in [1.165, 1.54) is 13.0 Å². The molecular formula is C11H7NO4. The summed E-state index contributed by atoms with van der Waals surface area (Å²) in [5.41, 5.74) is 0.239. The summed E-state index contributed by atoms with van der Waals surface area (Å²) in [6, 6.07) is 1.38. The first-order chi connectivity index (χ1) is 7.50. The molecule has 0 spiro atoms. The third-order valence-electron chi connectivity index (χ3n) is 2.30. The Bertz CT molecular complexity index is 557. The topological polar surface area (TPSA) is 84.3 Å². The summed E-state index contributed by atoms with van der Waals surface area (Å²) in [6.07, 6.45) is 2.25. The number of hydrogen-bond acceptors (Lipinski definition) is 4. The first-order valence-corrected chi connectivity index (χ1v) is 4.52. The number of fused-ring (bicyclic) bond motifs is 1. The molecule has 1 heterocycles. The molecule has 0 saturated heterocycles. The smallest absolute Gasteiger partial charge is 0.354 e. The Balaban J connectivity index is 2.72. The van der Waals surface area contributed by atoms with E-state index in [0.29, 0.717) is 5.56 Å². The predicted octanol–water partition coefficient (Wildman–Crippen LogP) is 1.02. The Morgan fingerprint density at radius 3 is 2.50 bits per heavy atom. The van der Waals surface area contributed by atoms with Crippen LogP contribution >= 0.6 is 0 Å². The van der Waals surface area contributed by atoms with Crippen molar-refractivity contribution in [2.45, 2.75) is 6.92 Å². The van der Waals surface area contributed by atoms with Crippen molar-refractivity contribution in [1.29, 1.82) is 0 Å². The van der Waals surface area contributed by atoms with Crippen LogP contribution in [0.25, 0.3) is 0 Å². The zero-order valence-electron chi connectivity index (χ0n) is 8.35. The van der Waals surface area contributed by atoms with Gasteiger partial charge in [-0.2, -0.15) is 0 Å². The highest BCUT2D eigenvalue weighted by Crippen LogP contribution is 2.18. The lowest BCUT2D eigenvalue weighted by atomic mass is 9.97. The number of carboxylic acids is 1. The van der Waals surface area contributed by atoms with Crippen molar-refractivity contribution in [3.05, 3.63) is 40.7 Å². The van der Waals surface area contributed by atoms with Gasteiger partial charge in [0, 0.05) is 0 Å². The lowest BCUT2D eigenvalue weighted by Crippen LogP contribution is -2.17. The molecule has 16 heavy (non-hydrogen) atoms. The van der Waals surface area contributed by atoms with E-state index in [-0.39, 0.29) is 22.7 Å². The molecule has 0 bridgehead atoms. The molecule has 0 aliphatic heterocycles. The van der Waals surface area contributed by atoms with Crippen LogP contribution in [-0.2, 0) is 0 Å². The van der Waals surface area contributed by atoms with Crippen molar-refractivity contribution in [2.24, 2.45) is 0 Å². The predicted molar refractivity (Wildman–Crippen MR) is 53.7 cm³/mol. The minimum atomic E-state index is -1.21. The van der Waals surface area contributed by atoms with Crippen LogP contribution in [0.2, 0.25) is 0 Å². The molecule has 80 valence electrons. The van der Waals surface area contributed by atoms with E-state index in [0.717, 1.165) is 12.2 Å². The minimum Gasteiger partial charge on any atom is -0.477 e. The van der Waals surface area contributed by atoms with Gasteiger partial charge in [0.05, 0.1) is 5.56 Å². The quantitative estimate of drug-likeness (QED) is 0.759. The highest BCUT2D eigenvalue weighted by molar-refractivity contribution is 6.21.